The van der Waals surface area contributed by atoms with Gasteiger partial charge in [0.15, 0.2) is 0 Å². The van der Waals surface area contributed by atoms with Crippen LogP contribution in [0.1, 0.15) is 13.8 Å². The Morgan fingerprint density at radius 3 is 2.36 bits per heavy atom. The largest absolute Gasteiger partial charge is 0.480 e. The fraction of sp³-hybridized carbons (Fsp3) is 0.700. The summed E-state index contributed by atoms with van der Waals surface area (Å²) in [4.78, 5) is 33.3. The molecule has 1 rings (SSSR count). The molecule has 0 radical (unpaired) electrons. The summed E-state index contributed by atoms with van der Waals surface area (Å²) in [5.74, 6) is -3.52. The SMILES string of the molecule is C[C@H](OC(=O)NCC(=O)O)[C@@H]1[C@@H]([C@@H](C)O)C(=O)N1S(=O)(=O)O. The van der Waals surface area contributed by atoms with Gasteiger partial charge in [-0.2, -0.15) is 8.42 Å². The molecular formula is C10H16N2O9S. The number of carbonyl (C=O) groups excluding carboxylic acids is 2. The molecule has 0 aromatic rings. The normalized spacial score (nSPS) is 24.2. The number of amides is 2. The first kappa shape index (κ1) is 18.1. The van der Waals surface area contributed by atoms with Crippen LogP contribution in [0.2, 0.25) is 0 Å². The quantitative estimate of drug-likeness (QED) is 0.321. The maximum atomic E-state index is 11.7. The number of aliphatic carboxylic acids is 1. The maximum Gasteiger partial charge on any atom is 0.407 e. The molecule has 1 saturated heterocycles. The average Bonchev–Trinajstić information content (AvgIpc) is 2.30. The van der Waals surface area contributed by atoms with Gasteiger partial charge in [0.05, 0.1) is 12.0 Å². The third-order valence-corrected chi connectivity index (χ3v) is 3.99. The number of nitrogens with zero attached hydrogens (tertiary/aromatic N) is 1. The van der Waals surface area contributed by atoms with Crippen molar-refractivity contribution in [1.29, 1.82) is 0 Å². The summed E-state index contributed by atoms with van der Waals surface area (Å²) >= 11 is 0. The Hall–Kier alpha value is -1.92. The number of aliphatic hydroxyl groups is 1. The summed E-state index contributed by atoms with van der Waals surface area (Å²) < 4.78 is 36.2. The van der Waals surface area contributed by atoms with E-state index in [0.29, 0.717) is 0 Å². The topological polar surface area (TPSA) is 171 Å². The minimum atomic E-state index is -4.87. The van der Waals surface area contributed by atoms with Crippen LogP contribution < -0.4 is 5.32 Å². The molecule has 4 N–H and O–H groups in total. The molecule has 0 spiro atoms. The van der Waals surface area contributed by atoms with E-state index in [9.17, 15) is 27.9 Å². The van der Waals surface area contributed by atoms with E-state index in [2.05, 4.69) is 0 Å². The van der Waals surface area contributed by atoms with Gasteiger partial charge in [0.1, 0.15) is 18.7 Å². The molecule has 0 aliphatic carbocycles. The molecule has 1 aliphatic rings. The Kier molecular flexibility index (Phi) is 5.32. The molecular weight excluding hydrogens is 324 g/mol. The van der Waals surface area contributed by atoms with E-state index in [4.69, 9.17) is 14.4 Å². The molecule has 0 aromatic carbocycles. The van der Waals surface area contributed by atoms with Gasteiger partial charge in [-0.1, -0.05) is 0 Å². The Balaban J connectivity index is 2.82. The van der Waals surface area contributed by atoms with Crippen LogP contribution >= 0.6 is 0 Å². The average molecular weight is 340 g/mol. The third-order valence-electron chi connectivity index (χ3n) is 3.07. The van der Waals surface area contributed by atoms with Gasteiger partial charge in [0.2, 0.25) is 5.91 Å². The van der Waals surface area contributed by atoms with Crippen molar-refractivity contribution in [2.45, 2.75) is 32.1 Å². The Morgan fingerprint density at radius 1 is 1.41 bits per heavy atom. The molecule has 22 heavy (non-hydrogen) atoms. The lowest BCUT2D eigenvalue weighted by molar-refractivity contribution is -0.160. The van der Waals surface area contributed by atoms with Crippen molar-refractivity contribution in [3.63, 3.8) is 0 Å². The highest BCUT2D eigenvalue weighted by atomic mass is 32.2. The number of β-lactam (4-membered cyclic amide) rings is 1. The molecule has 1 aliphatic heterocycles. The number of ether oxygens (including phenoxy) is 1. The second-order valence-electron chi connectivity index (χ2n) is 4.73. The molecule has 1 heterocycles. The van der Waals surface area contributed by atoms with Crippen LogP contribution in [0.4, 0.5) is 4.79 Å². The summed E-state index contributed by atoms with van der Waals surface area (Å²) in [6.45, 7) is 1.77. The zero-order chi connectivity index (χ0) is 17.2. The highest BCUT2D eigenvalue weighted by Crippen LogP contribution is 2.35. The van der Waals surface area contributed by atoms with Crippen LogP contribution in [-0.4, -0.2) is 70.3 Å². The zero-order valence-electron chi connectivity index (χ0n) is 11.7. The molecule has 1 fully saturated rings. The van der Waals surface area contributed by atoms with E-state index < -0.39 is 59.0 Å². The van der Waals surface area contributed by atoms with Crippen molar-refractivity contribution >= 4 is 28.3 Å². The molecule has 2 amide bonds. The lowest BCUT2D eigenvalue weighted by Gasteiger charge is -2.47. The van der Waals surface area contributed by atoms with Crippen LogP contribution in [-0.2, 0) is 24.6 Å². The standard InChI is InChI=1S/C10H16N2O9S/c1-4(13)7-8(12(9(7)16)22(18,19)20)5(2)21-10(17)11-3-6(14)15/h4-5,7-8,13H,3H2,1-2H3,(H,11,17)(H,14,15)(H,18,19,20)/t4-,5+,7-,8-/m1/s1. The van der Waals surface area contributed by atoms with Crippen molar-refractivity contribution in [2.24, 2.45) is 5.92 Å². The first-order valence-electron chi connectivity index (χ1n) is 6.11. The smallest absolute Gasteiger partial charge is 0.407 e. The number of carboxylic acids is 1. The van der Waals surface area contributed by atoms with E-state index in [1.54, 1.807) is 0 Å². The minimum absolute atomic E-state index is 0.111. The molecule has 126 valence electrons. The summed E-state index contributed by atoms with van der Waals surface area (Å²) in [7, 11) is -4.87. The van der Waals surface area contributed by atoms with E-state index in [-0.39, 0.29) is 4.31 Å². The first-order valence-corrected chi connectivity index (χ1v) is 7.51. The third kappa shape index (κ3) is 3.84. The van der Waals surface area contributed by atoms with Gasteiger partial charge < -0.3 is 20.3 Å². The van der Waals surface area contributed by atoms with Gasteiger partial charge in [-0.3, -0.25) is 14.1 Å². The molecule has 0 bridgehead atoms. The fourth-order valence-corrected chi connectivity index (χ4v) is 3.13. The second-order valence-corrected chi connectivity index (χ2v) is 6.02. The molecule has 12 heteroatoms. The predicted octanol–water partition coefficient (Wildman–Crippen LogP) is -1.80. The van der Waals surface area contributed by atoms with Gasteiger partial charge in [-0.05, 0) is 13.8 Å². The number of carbonyl (C=O) groups is 3. The summed E-state index contributed by atoms with van der Waals surface area (Å²) in [6.07, 6.45) is -3.59. The van der Waals surface area contributed by atoms with Crippen LogP contribution in [0, 0.1) is 5.92 Å². The summed E-state index contributed by atoms with van der Waals surface area (Å²) in [5.41, 5.74) is 0. The Morgan fingerprint density at radius 2 is 1.95 bits per heavy atom. The number of hydrogen-bond acceptors (Lipinski definition) is 7. The van der Waals surface area contributed by atoms with Crippen molar-refractivity contribution in [3.05, 3.63) is 0 Å². The van der Waals surface area contributed by atoms with Gasteiger partial charge in [0.25, 0.3) is 0 Å². The van der Waals surface area contributed by atoms with Gasteiger partial charge in [-0.15, -0.1) is 0 Å². The second kappa shape index (κ2) is 6.46. The molecule has 11 nitrogen and oxygen atoms in total. The van der Waals surface area contributed by atoms with Crippen LogP contribution in [0.15, 0.2) is 0 Å². The number of nitrogens with one attached hydrogen (secondary N) is 1. The number of alkyl carbamates (subject to hydrolysis) is 1. The van der Waals surface area contributed by atoms with E-state index in [1.165, 1.54) is 13.8 Å². The van der Waals surface area contributed by atoms with Crippen molar-refractivity contribution < 1.29 is 42.3 Å². The van der Waals surface area contributed by atoms with E-state index in [1.807, 2.05) is 5.32 Å². The Bertz CT molecular complexity index is 573. The fourth-order valence-electron chi connectivity index (χ4n) is 2.17. The van der Waals surface area contributed by atoms with E-state index in [0.717, 1.165) is 0 Å². The van der Waals surface area contributed by atoms with E-state index >= 15 is 0 Å². The minimum Gasteiger partial charge on any atom is -0.480 e. The highest BCUT2D eigenvalue weighted by Gasteiger charge is 2.58. The number of aliphatic hydroxyl groups excluding tert-OH is 1. The number of hydrogen-bond donors (Lipinski definition) is 4. The highest BCUT2D eigenvalue weighted by molar-refractivity contribution is 7.84. The molecule has 0 saturated carbocycles. The molecule has 0 unspecified atom stereocenters. The van der Waals surface area contributed by atoms with Crippen molar-refractivity contribution in [1.82, 2.24) is 9.62 Å². The summed E-state index contributed by atoms with van der Waals surface area (Å²) in [6, 6.07) is -1.29. The first-order chi connectivity index (χ1) is 9.96. The van der Waals surface area contributed by atoms with Crippen LogP contribution in [0.5, 0.6) is 0 Å². The monoisotopic (exact) mass is 340 g/mol. The lowest BCUT2D eigenvalue weighted by atomic mass is 9.83. The lowest BCUT2D eigenvalue weighted by Crippen LogP contribution is -2.69. The number of rotatable bonds is 6. The van der Waals surface area contributed by atoms with Crippen molar-refractivity contribution in [2.75, 3.05) is 6.54 Å². The zero-order valence-corrected chi connectivity index (χ0v) is 12.5. The van der Waals surface area contributed by atoms with Crippen LogP contribution in [0.3, 0.4) is 0 Å². The van der Waals surface area contributed by atoms with Gasteiger partial charge in [-0.25, -0.2) is 9.10 Å². The Labute approximate surface area is 125 Å². The van der Waals surface area contributed by atoms with Gasteiger partial charge in [0, 0.05) is 0 Å². The van der Waals surface area contributed by atoms with Crippen molar-refractivity contribution in [3.8, 4) is 0 Å². The number of carboxylic acid groups (broad SMARTS) is 1. The maximum absolute atomic E-state index is 11.7. The van der Waals surface area contributed by atoms with Gasteiger partial charge >= 0.3 is 22.4 Å². The summed E-state index contributed by atoms with van der Waals surface area (Å²) in [5, 5.41) is 19.8. The van der Waals surface area contributed by atoms with Crippen LogP contribution in [0.25, 0.3) is 0 Å². The molecule has 4 atom stereocenters. The predicted molar refractivity (Wildman–Crippen MR) is 68.9 cm³/mol. The molecule has 0 aromatic heterocycles.